The lowest BCUT2D eigenvalue weighted by Gasteiger charge is -2.22. The molecule has 0 aliphatic rings. The van der Waals surface area contributed by atoms with Gasteiger partial charge in [-0.25, -0.2) is 24.5 Å². The number of anilines is 1. The molecule has 2 heterocycles. The van der Waals surface area contributed by atoms with Crippen molar-refractivity contribution in [3.63, 3.8) is 0 Å². The molecule has 12 heteroatoms. The van der Waals surface area contributed by atoms with E-state index < -0.39 is 12.2 Å². The molecule has 1 aromatic carbocycles. The number of hydrogen-bond donors (Lipinski definition) is 3. The fraction of sp³-hybridized carbons (Fsp3) is 0.409. The molecule has 11 nitrogen and oxygen atoms in total. The molecule has 34 heavy (non-hydrogen) atoms. The van der Waals surface area contributed by atoms with Crippen LogP contribution in [0.15, 0.2) is 30.9 Å². The molecule has 3 N–H and O–H groups in total. The van der Waals surface area contributed by atoms with Gasteiger partial charge in [0.25, 0.3) is 0 Å². The van der Waals surface area contributed by atoms with Gasteiger partial charge in [-0.15, -0.1) is 0 Å². The van der Waals surface area contributed by atoms with Crippen molar-refractivity contribution in [3.05, 3.63) is 47.0 Å². The van der Waals surface area contributed by atoms with Gasteiger partial charge in [0.1, 0.15) is 12.6 Å². The van der Waals surface area contributed by atoms with Crippen molar-refractivity contribution >= 4 is 40.6 Å². The first-order valence-corrected chi connectivity index (χ1v) is 11.2. The second kappa shape index (κ2) is 11.7. The fourth-order valence-corrected chi connectivity index (χ4v) is 3.55. The number of halogens is 1. The number of benzene rings is 1. The maximum atomic E-state index is 11.9. The van der Waals surface area contributed by atoms with E-state index in [1.165, 1.54) is 12.4 Å². The second-order valence-electron chi connectivity index (χ2n) is 7.38. The number of carboxylic acid groups (broad SMARTS) is 1. The number of amides is 2. The van der Waals surface area contributed by atoms with Gasteiger partial charge in [0.05, 0.1) is 31.2 Å². The summed E-state index contributed by atoms with van der Waals surface area (Å²) in [6, 6.07) is 4.33. The molecule has 0 spiro atoms. The van der Waals surface area contributed by atoms with Crippen LogP contribution in [0, 0.1) is 0 Å². The van der Waals surface area contributed by atoms with Gasteiger partial charge in [-0.3, -0.25) is 9.88 Å². The van der Waals surface area contributed by atoms with Crippen LogP contribution in [0.4, 0.5) is 10.6 Å². The van der Waals surface area contributed by atoms with Gasteiger partial charge < -0.3 is 19.9 Å². The molecule has 2 unspecified atom stereocenters. The molecule has 0 fully saturated rings. The van der Waals surface area contributed by atoms with Crippen LogP contribution in [0.3, 0.4) is 0 Å². The highest BCUT2D eigenvalue weighted by Gasteiger charge is 2.19. The smallest absolute Gasteiger partial charge is 0.336 e. The van der Waals surface area contributed by atoms with Crippen molar-refractivity contribution < 1.29 is 24.2 Å². The molecule has 182 valence electrons. The standard InChI is InChI=1S/C22H27ClN6O5/c1-4-14(9-33-10-16-15(21(30)31)7-6-8-17(16)23)34-13(3)29-12-27-18-19(25-11-26-20(18)29)28-22(32)24-5-2/h6-8,11-14H,4-5,9-10H2,1-3H3,(H,30,31)(H2,24,25,26,28,32). The largest absolute Gasteiger partial charge is 0.478 e. The van der Waals surface area contributed by atoms with Gasteiger partial charge in [0, 0.05) is 17.1 Å². The van der Waals surface area contributed by atoms with Gasteiger partial charge in [-0.2, -0.15) is 0 Å². The lowest BCUT2D eigenvalue weighted by atomic mass is 10.1. The lowest BCUT2D eigenvalue weighted by molar-refractivity contribution is -0.0820. The Morgan fingerprint density at radius 3 is 2.74 bits per heavy atom. The van der Waals surface area contributed by atoms with E-state index in [1.54, 1.807) is 23.0 Å². The van der Waals surface area contributed by atoms with E-state index in [0.29, 0.717) is 40.5 Å². The Morgan fingerprint density at radius 2 is 2.03 bits per heavy atom. The monoisotopic (exact) mass is 490 g/mol. The number of ether oxygens (including phenoxy) is 2. The molecule has 2 aromatic heterocycles. The normalized spacial score (nSPS) is 12.9. The number of nitrogens with one attached hydrogen (secondary N) is 2. The zero-order valence-electron chi connectivity index (χ0n) is 19.1. The number of hydrogen-bond acceptors (Lipinski definition) is 7. The predicted octanol–water partition coefficient (Wildman–Crippen LogP) is 3.85. The summed E-state index contributed by atoms with van der Waals surface area (Å²) in [5.74, 6) is -0.765. The third-order valence-corrected chi connectivity index (χ3v) is 5.42. The van der Waals surface area contributed by atoms with E-state index >= 15 is 0 Å². The summed E-state index contributed by atoms with van der Waals surface area (Å²) < 4.78 is 13.6. The molecule has 0 bridgehead atoms. The van der Waals surface area contributed by atoms with Crippen LogP contribution in [0.5, 0.6) is 0 Å². The van der Waals surface area contributed by atoms with E-state index in [1.807, 2.05) is 20.8 Å². The van der Waals surface area contributed by atoms with Crippen LogP contribution in [0.25, 0.3) is 11.2 Å². The zero-order valence-corrected chi connectivity index (χ0v) is 19.9. The summed E-state index contributed by atoms with van der Waals surface area (Å²) in [5.41, 5.74) is 1.47. The van der Waals surface area contributed by atoms with Gasteiger partial charge in [-0.05, 0) is 32.4 Å². The van der Waals surface area contributed by atoms with Gasteiger partial charge in [0.15, 0.2) is 17.0 Å². The highest BCUT2D eigenvalue weighted by atomic mass is 35.5. The van der Waals surface area contributed by atoms with Crippen LogP contribution < -0.4 is 10.6 Å². The minimum Gasteiger partial charge on any atom is -0.478 e. The average Bonchev–Trinajstić information content (AvgIpc) is 3.24. The topological polar surface area (TPSA) is 140 Å². The van der Waals surface area contributed by atoms with Gasteiger partial charge in [-0.1, -0.05) is 24.6 Å². The van der Waals surface area contributed by atoms with Crippen molar-refractivity contribution in [2.24, 2.45) is 0 Å². The molecular weight excluding hydrogens is 464 g/mol. The molecular formula is C22H27ClN6O5. The number of imidazole rings is 1. The van der Waals surface area contributed by atoms with E-state index in [2.05, 4.69) is 25.6 Å². The molecule has 2 atom stereocenters. The molecule has 2 amide bonds. The maximum Gasteiger partial charge on any atom is 0.336 e. The molecule has 0 saturated heterocycles. The van der Waals surface area contributed by atoms with Crippen molar-refractivity contribution in [1.29, 1.82) is 0 Å². The van der Waals surface area contributed by atoms with Crippen LogP contribution in [-0.4, -0.2) is 55.9 Å². The number of urea groups is 1. The Bertz CT molecular complexity index is 1150. The van der Waals surface area contributed by atoms with Gasteiger partial charge >= 0.3 is 12.0 Å². The van der Waals surface area contributed by atoms with Gasteiger partial charge in [0.2, 0.25) is 0 Å². The summed E-state index contributed by atoms with van der Waals surface area (Å²) in [6.45, 7) is 6.38. The Balaban J connectivity index is 1.66. The van der Waals surface area contributed by atoms with Crippen molar-refractivity contribution in [1.82, 2.24) is 24.8 Å². The Morgan fingerprint density at radius 1 is 1.24 bits per heavy atom. The molecule has 0 radical (unpaired) electrons. The van der Waals surface area contributed by atoms with E-state index in [0.717, 1.165) is 0 Å². The second-order valence-corrected chi connectivity index (χ2v) is 7.79. The van der Waals surface area contributed by atoms with Crippen LogP contribution in [0.2, 0.25) is 5.02 Å². The number of fused-ring (bicyclic) bond motifs is 1. The number of carbonyl (C=O) groups excluding carboxylic acids is 1. The van der Waals surface area contributed by atoms with Crippen molar-refractivity contribution in [3.8, 4) is 0 Å². The van der Waals surface area contributed by atoms with E-state index in [4.69, 9.17) is 21.1 Å². The predicted molar refractivity (Wildman–Crippen MR) is 126 cm³/mol. The number of carbonyl (C=O) groups is 2. The number of nitrogens with zero attached hydrogens (tertiary/aromatic N) is 4. The van der Waals surface area contributed by atoms with Crippen LogP contribution >= 0.6 is 11.6 Å². The SMILES string of the molecule is CCNC(=O)Nc1ncnc2c1ncn2C(C)OC(CC)COCc1c(Cl)cccc1C(=O)O. The van der Waals surface area contributed by atoms with E-state index in [-0.39, 0.29) is 30.9 Å². The molecule has 0 saturated carbocycles. The molecule has 0 aliphatic carbocycles. The van der Waals surface area contributed by atoms with Crippen molar-refractivity contribution in [2.45, 2.75) is 46.1 Å². The average molecular weight is 491 g/mol. The Labute approximate surface area is 201 Å². The first-order chi connectivity index (χ1) is 16.3. The third-order valence-electron chi connectivity index (χ3n) is 5.06. The number of carboxylic acids is 1. The summed E-state index contributed by atoms with van der Waals surface area (Å²) in [4.78, 5) is 36.0. The summed E-state index contributed by atoms with van der Waals surface area (Å²) in [5, 5.41) is 15.0. The zero-order chi connectivity index (χ0) is 24.7. The number of aromatic carboxylic acids is 1. The Hall–Kier alpha value is -3.28. The molecule has 0 aliphatic heterocycles. The third kappa shape index (κ3) is 5.99. The summed E-state index contributed by atoms with van der Waals surface area (Å²) in [6.07, 6.45) is 2.85. The number of aromatic nitrogens is 4. The maximum absolute atomic E-state index is 11.9. The first-order valence-electron chi connectivity index (χ1n) is 10.8. The van der Waals surface area contributed by atoms with Crippen LogP contribution in [-0.2, 0) is 16.1 Å². The quantitative estimate of drug-likeness (QED) is 0.368. The summed E-state index contributed by atoms with van der Waals surface area (Å²) >= 11 is 6.16. The highest BCUT2D eigenvalue weighted by molar-refractivity contribution is 6.31. The van der Waals surface area contributed by atoms with E-state index in [9.17, 15) is 14.7 Å². The van der Waals surface area contributed by atoms with Crippen LogP contribution in [0.1, 0.15) is 49.3 Å². The fourth-order valence-electron chi connectivity index (χ4n) is 3.32. The Kier molecular flexibility index (Phi) is 8.74. The lowest BCUT2D eigenvalue weighted by Crippen LogP contribution is -2.28. The number of rotatable bonds is 11. The summed E-state index contributed by atoms with van der Waals surface area (Å²) in [7, 11) is 0. The minimum absolute atomic E-state index is 0.0473. The first kappa shape index (κ1) is 25.3. The minimum atomic E-state index is -1.06. The molecule has 3 rings (SSSR count). The highest BCUT2D eigenvalue weighted by Crippen LogP contribution is 2.24. The molecule has 3 aromatic rings. The van der Waals surface area contributed by atoms with Crippen molar-refractivity contribution in [2.75, 3.05) is 18.5 Å².